The van der Waals surface area contributed by atoms with Gasteiger partial charge in [0.05, 0.1) is 17.1 Å². The summed E-state index contributed by atoms with van der Waals surface area (Å²) in [5.41, 5.74) is 3.41. The van der Waals surface area contributed by atoms with Crippen LogP contribution >= 0.6 is 0 Å². The molecule has 84 valence electrons. The van der Waals surface area contributed by atoms with E-state index in [0.717, 1.165) is 17.1 Å². The predicted octanol–water partition coefficient (Wildman–Crippen LogP) is 3.85. The minimum absolute atomic E-state index is 0.452. The average molecular weight is 206 g/mol. The van der Waals surface area contributed by atoms with Crippen molar-refractivity contribution in [3.05, 3.63) is 23.3 Å². The second-order valence-electron chi connectivity index (χ2n) is 5.03. The highest BCUT2D eigenvalue weighted by Gasteiger charge is 2.14. The maximum absolute atomic E-state index is 4.73. The minimum Gasteiger partial charge on any atom is -0.257 e. The number of hydrogen-bond acceptors (Lipinski definition) is 2. The molecule has 0 saturated heterocycles. The molecule has 0 atom stereocenters. The number of rotatable bonds is 3. The lowest BCUT2D eigenvalue weighted by atomic mass is 9.99. The van der Waals surface area contributed by atoms with Crippen LogP contribution in [0.1, 0.15) is 76.4 Å². The van der Waals surface area contributed by atoms with Crippen LogP contribution < -0.4 is 0 Å². The Bertz CT molecular complexity index is 327. The van der Waals surface area contributed by atoms with Gasteiger partial charge in [0, 0.05) is 6.20 Å². The van der Waals surface area contributed by atoms with Gasteiger partial charge in [-0.1, -0.05) is 41.5 Å². The van der Waals surface area contributed by atoms with Gasteiger partial charge in [-0.15, -0.1) is 0 Å². The molecule has 0 aliphatic heterocycles. The highest BCUT2D eigenvalue weighted by molar-refractivity contribution is 5.21. The van der Waals surface area contributed by atoms with Gasteiger partial charge in [-0.2, -0.15) is 0 Å². The fourth-order valence-corrected chi connectivity index (χ4v) is 1.57. The molecule has 0 aliphatic rings. The lowest BCUT2D eigenvalue weighted by Gasteiger charge is -2.16. The van der Waals surface area contributed by atoms with Crippen molar-refractivity contribution in [2.24, 2.45) is 0 Å². The van der Waals surface area contributed by atoms with E-state index in [-0.39, 0.29) is 0 Å². The van der Waals surface area contributed by atoms with Crippen molar-refractivity contribution in [2.75, 3.05) is 0 Å². The largest absolute Gasteiger partial charge is 0.257 e. The molecular weight excluding hydrogens is 184 g/mol. The van der Waals surface area contributed by atoms with Gasteiger partial charge in [0.1, 0.15) is 0 Å². The predicted molar refractivity (Wildman–Crippen MR) is 64.3 cm³/mol. The summed E-state index contributed by atoms with van der Waals surface area (Å²) >= 11 is 0. The van der Waals surface area contributed by atoms with Crippen LogP contribution in [0.2, 0.25) is 0 Å². The van der Waals surface area contributed by atoms with E-state index in [1.807, 2.05) is 6.20 Å². The third kappa shape index (κ3) is 2.77. The summed E-state index contributed by atoms with van der Waals surface area (Å²) in [5.74, 6) is 1.36. The lowest BCUT2D eigenvalue weighted by Crippen LogP contribution is -2.08. The van der Waals surface area contributed by atoms with Crippen LogP contribution in [-0.2, 0) is 0 Å². The molecule has 0 spiro atoms. The molecule has 0 unspecified atom stereocenters. The maximum atomic E-state index is 4.73. The van der Waals surface area contributed by atoms with Gasteiger partial charge in [-0.3, -0.25) is 9.97 Å². The Kier molecular flexibility index (Phi) is 3.83. The molecule has 0 fully saturated rings. The van der Waals surface area contributed by atoms with E-state index < -0.39 is 0 Å². The molecule has 15 heavy (non-hydrogen) atoms. The first-order chi connectivity index (χ1) is 6.93. The second kappa shape index (κ2) is 4.73. The quantitative estimate of drug-likeness (QED) is 0.750. The number of nitrogens with zero attached hydrogens (tertiary/aromatic N) is 2. The van der Waals surface area contributed by atoms with Gasteiger partial charge in [0.2, 0.25) is 0 Å². The van der Waals surface area contributed by atoms with Crippen LogP contribution in [-0.4, -0.2) is 9.97 Å². The Hall–Kier alpha value is -0.920. The molecule has 0 N–H and O–H groups in total. The summed E-state index contributed by atoms with van der Waals surface area (Å²) in [4.78, 5) is 9.29. The van der Waals surface area contributed by atoms with Gasteiger partial charge in [-0.05, 0) is 17.8 Å². The normalized spacial score (nSPS) is 11.8. The van der Waals surface area contributed by atoms with Crippen LogP contribution in [0.25, 0.3) is 0 Å². The lowest BCUT2D eigenvalue weighted by molar-refractivity contribution is 0.695. The summed E-state index contributed by atoms with van der Waals surface area (Å²) in [6, 6.07) is 0. The van der Waals surface area contributed by atoms with Crippen molar-refractivity contribution >= 4 is 0 Å². The first kappa shape index (κ1) is 12.2. The van der Waals surface area contributed by atoms with E-state index in [9.17, 15) is 0 Å². The summed E-state index contributed by atoms with van der Waals surface area (Å²) in [7, 11) is 0. The molecular formula is C13H22N2. The molecule has 1 aromatic heterocycles. The van der Waals surface area contributed by atoms with Crippen molar-refractivity contribution in [1.82, 2.24) is 9.97 Å². The Morgan fingerprint density at radius 1 is 0.800 bits per heavy atom. The first-order valence-electron chi connectivity index (χ1n) is 5.80. The third-order valence-electron chi connectivity index (χ3n) is 2.53. The number of aromatic nitrogens is 2. The summed E-state index contributed by atoms with van der Waals surface area (Å²) in [5, 5.41) is 0. The summed E-state index contributed by atoms with van der Waals surface area (Å²) in [6.45, 7) is 13.0. The molecule has 0 amide bonds. The van der Waals surface area contributed by atoms with E-state index in [1.165, 1.54) is 0 Å². The van der Waals surface area contributed by atoms with Crippen LogP contribution in [0.3, 0.4) is 0 Å². The first-order valence-corrected chi connectivity index (χ1v) is 5.80. The highest BCUT2D eigenvalue weighted by Crippen LogP contribution is 2.24. The molecule has 0 radical (unpaired) electrons. The maximum Gasteiger partial charge on any atom is 0.0650 e. The third-order valence-corrected chi connectivity index (χ3v) is 2.53. The SMILES string of the molecule is CC(C)c1cnc(C(C)C)c(C(C)C)n1. The molecule has 1 heterocycles. The molecule has 0 bridgehead atoms. The smallest absolute Gasteiger partial charge is 0.0650 e. The standard InChI is InChI=1S/C13H22N2/c1-8(2)11-7-14-12(9(3)4)13(15-11)10(5)6/h7-10H,1-6H3. The summed E-state index contributed by atoms with van der Waals surface area (Å²) < 4.78 is 0. The Morgan fingerprint density at radius 3 is 1.73 bits per heavy atom. The van der Waals surface area contributed by atoms with Gasteiger partial charge < -0.3 is 0 Å². The zero-order valence-corrected chi connectivity index (χ0v) is 10.7. The minimum atomic E-state index is 0.452. The Balaban J connectivity index is 3.21. The summed E-state index contributed by atoms with van der Waals surface area (Å²) in [6.07, 6.45) is 1.92. The zero-order chi connectivity index (χ0) is 11.6. The van der Waals surface area contributed by atoms with E-state index in [1.54, 1.807) is 0 Å². The van der Waals surface area contributed by atoms with E-state index in [0.29, 0.717) is 17.8 Å². The van der Waals surface area contributed by atoms with Gasteiger partial charge in [-0.25, -0.2) is 0 Å². The van der Waals surface area contributed by atoms with Crippen molar-refractivity contribution in [1.29, 1.82) is 0 Å². The Morgan fingerprint density at radius 2 is 1.33 bits per heavy atom. The van der Waals surface area contributed by atoms with E-state index in [2.05, 4.69) is 46.5 Å². The number of hydrogen-bond donors (Lipinski definition) is 0. The van der Waals surface area contributed by atoms with Gasteiger partial charge >= 0.3 is 0 Å². The van der Waals surface area contributed by atoms with Crippen molar-refractivity contribution in [2.45, 2.75) is 59.3 Å². The molecule has 2 heteroatoms. The van der Waals surface area contributed by atoms with Crippen LogP contribution in [0, 0.1) is 0 Å². The van der Waals surface area contributed by atoms with Crippen molar-refractivity contribution in [3.8, 4) is 0 Å². The fraction of sp³-hybridized carbons (Fsp3) is 0.692. The fourth-order valence-electron chi connectivity index (χ4n) is 1.57. The van der Waals surface area contributed by atoms with Crippen molar-refractivity contribution in [3.63, 3.8) is 0 Å². The van der Waals surface area contributed by atoms with E-state index >= 15 is 0 Å². The Labute approximate surface area is 93.2 Å². The van der Waals surface area contributed by atoms with Gasteiger partial charge in [0.15, 0.2) is 0 Å². The monoisotopic (exact) mass is 206 g/mol. The topological polar surface area (TPSA) is 25.8 Å². The van der Waals surface area contributed by atoms with Gasteiger partial charge in [0.25, 0.3) is 0 Å². The highest BCUT2D eigenvalue weighted by atomic mass is 14.8. The van der Waals surface area contributed by atoms with Crippen LogP contribution in [0.15, 0.2) is 6.20 Å². The molecule has 1 aromatic rings. The van der Waals surface area contributed by atoms with E-state index in [4.69, 9.17) is 4.98 Å². The molecule has 0 aliphatic carbocycles. The van der Waals surface area contributed by atoms with Crippen LogP contribution in [0.4, 0.5) is 0 Å². The molecule has 0 saturated carbocycles. The average Bonchev–Trinajstić information content (AvgIpc) is 2.16. The van der Waals surface area contributed by atoms with Crippen LogP contribution in [0.5, 0.6) is 0 Å². The second-order valence-corrected chi connectivity index (χ2v) is 5.03. The van der Waals surface area contributed by atoms with Crippen molar-refractivity contribution < 1.29 is 0 Å². The molecule has 0 aromatic carbocycles. The molecule has 1 rings (SSSR count). The zero-order valence-electron chi connectivity index (χ0n) is 10.7. The molecule has 2 nitrogen and oxygen atoms in total.